The van der Waals surface area contributed by atoms with Crippen LogP contribution < -0.4 is 5.32 Å². The fourth-order valence-electron chi connectivity index (χ4n) is 2.84. The lowest BCUT2D eigenvalue weighted by Gasteiger charge is -2.36. The SMILES string of the molecule is Cc1cc(Cl)cc2c1NC(c1c(Cl)c(C)nn1C)N(C)C2=O. The Hall–Kier alpha value is -1.72. The van der Waals surface area contributed by atoms with Gasteiger partial charge in [-0.2, -0.15) is 5.10 Å². The molecule has 1 aliphatic rings. The van der Waals surface area contributed by atoms with Crippen molar-refractivity contribution in [3.05, 3.63) is 44.7 Å². The molecule has 2 heterocycles. The van der Waals surface area contributed by atoms with E-state index in [-0.39, 0.29) is 12.1 Å². The summed E-state index contributed by atoms with van der Waals surface area (Å²) in [5, 5.41) is 8.82. The summed E-state index contributed by atoms with van der Waals surface area (Å²) < 4.78 is 1.70. The summed E-state index contributed by atoms with van der Waals surface area (Å²) in [7, 11) is 3.55. The van der Waals surface area contributed by atoms with Gasteiger partial charge < -0.3 is 10.2 Å². The first-order valence-corrected chi connectivity index (χ1v) is 7.59. The first-order chi connectivity index (χ1) is 10.3. The topological polar surface area (TPSA) is 50.2 Å². The highest BCUT2D eigenvalue weighted by molar-refractivity contribution is 6.32. The molecule has 1 N–H and O–H groups in total. The van der Waals surface area contributed by atoms with E-state index >= 15 is 0 Å². The van der Waals surface area contributed by atoms with Gasteiger partial charge in [0.2, 0.25) is 0 Å². The molecule has 1 atom stereocenters. The number of hydrogen-bond donors (Lipinski definition) is 1. The predicted octanol–water partition coefficient (Wildman–Crippen LogP) is 3.54. The standard InChI is InChI=1S/C15H16Cl2N4O/c1-7-5-9(16)6-10-12(7)18-14(20(3)15(10)22)13-11(17)8(2)19-21(13)4/h5-6,14,18H,1-4H3. The van der Waals surface area contributed by atoms with Crippen LogP contribution in [0, 0.1) is 13.8 Å². The van der Waals surface area contributed by atoms with Gasteiger partial charge in [-0.25, -0.2) is 0 Å². The van der Waals surface area contributed by atoms with Crippen molar-refractivity contribution in [2.45, 2.75) is 20.0 Å². The molecular weight excluding hydrogens is 323 g/mol. The number of carbonyl (C=O) groups excluding carboxylic acids is 1. The summed E-state index contributed by atoms with van der Waals surface area (Å²) in [6, 6.07) is 3.52. The van der Waals surface area contributed by atoms with Crippen molar-refractivity contribution in [1.29, 1.82) is 0 Å². The largest absolute Gasteiger partial charge is 0.359 e. The van der Waals surface area contributed by atoms with Crippen LogP contribution in [0.2, 0.25) is 10.0 Å². The molecule has 7 heteroatoms. The average molecular weight is 339 g/mol. The molecule has 3 rings (SSSR count). The van der Waals surface area contributed by atoms with E-state index in [0.29, 0.717) is 15.6 Å². The minimum Gasteiger partial charge on any atom is -0.359 e. The molecule has 0 bridgehead atoms. The highest BCUT2D eigenvalue weighted by Gasteiger charge is 2.35. The zero-order valence-corrected chi connectivity index (χ0v) is 14.2. The van der Waals surface area contributed by atoms with Crippen molar-refractivity contribution in [3.63, 3.8) is 0 Å². The molecule has 0 radical (unpaired) electrons. The molecule has 1 aliphatic heterocycles. The van der Waals surface area contributed by atoms with Gasteiger partial charge >= 0.3 is 0 Å². The van der Waals surface area contributed by atoms with E-state index in [2.05, 4.69) is 10.4 Å². The summed E-state index contributed by atoms with van der Waals surface area (Å²) in [6.07, 6.45) is -0.376. The predicted molar refractivity (Wildman–Crippen MR) is 87.6 cm³/mol. The molecule has 1 unspecified atom stereocenters. The first kappa shape index (κ1) is 15.2. The number of amides is 1. The van der Waals surface area contributed by atoms with Crippen LogP contribution >= 0.6 is 23.2 Å². The zero-order chi connectivity index (χ0) is 16.2. The van der Waals surface area contributed by atoms with E-state index < -0.39 is 0 Å². The van der Waals surface area contributed by atoms with Gasteiger partial charge in [-0.3, -0.25) is 9.48 Å². The van der Waals surface area contributed by atoms with Crippen LogP contribution in [0.1, 0.15) is 33.5 Å². The van der Waals surface area contributed by atoms with Crippen LogP contribution in [-0.4, -0.2) is 27.6 Å². The number of aromatic nitrogens is 2. The molecule has 1 amide bonds. The number of fused-ring (bicyclic) bond motifs is 1. The molecule has 0 fully saturated rings. The van der Waals surface area contributed by atoms with E-state index in [1.807, 2.05) is 27.0 Å². The maximum atomic E-state index is 12.7. The van der Waals surface area contributed by atoms with Crippen LogP contribution in [0.15, 0.2) is 12.1 Å². The number of nitrogens with one attached hydrogen (secondary N) is 1. The Kier molecular flexibility index (Phi) is 3.57. The minimum absolute atomic E-state index is 0.0979. The third-order valence-electron chi connectivity index (χ3n) is 3.97. The molecule has 1 aromatic carbocycles. The molecule has 0 spiro atoms. The van der Waals surface area contributed by atoms with Gasteiger partial charge in [0.05, 0.1) is 27.7 Å². The highest BCUT2D eigenvalue weighted by atomic mass is 35.5. The van der Waals surface area contributed by atoms with Gasteiger partial charge in [-0.1, -0.05) is 23.2 Å². The van der Waals surface area contributed by atoms with Crippen molar-refractivity contribution in [1.82, 2.24) is 14.7 Å². The average Bonchev–Trinajstić information content (AvgIpc) is 2.69. The first-order valence-electron chi connectivity index (χ1n) is 6.84. The number of carbonyl (C=O) groups is 1. The molecule has 0 saturated heterocycles. The lowest BCUT2D eigenvalue weighted by molar-refractivity contribution is 0.0730. The van der Waals surface area contributed by atoms with Crippen molar-refractivity contribution in [3.8, 4) is 0 Å². The summed E-state index contributed by atoms with van der Waals surface area (Å²) in [6.45, 7) is 3.76. The Morgan fingerprint density at radius 1 is 1.23 bits per heavy atom. The molecule has 5 nitrogen and oxygen atoms in total. The molecule has 1 aromatic heterocycles. The van der Waals surface area contributed by atoms with Gasteiger partial charge in [0.1, 0.15) is 6.17 Å². The Morgan fingerprint density at radius 2 is 1.91 bits per heavy atom. The van der Waals surface area contributed by atoms with E-state index in [9.17, 15) is 4.79 Å². The Bertz CT molecular complexity index is 784. The van der Waals surface area contributed by atoms with E-state index in [1.165, 1.54) is 0 Å². The van der Waals surface area contributed by atoms with Gasteiger partial charge in [0.15, 0.2) is 0 Å². The molecule has 0 saturated carbocycles. The number of nitrogens with zero attached hydrogens (tertiary/aromatic N) is 3. The molecular formula is C15H16Cl2N4O. The summed E-state index contributed by atoms with van der Waals surface area (Å²) in [5.41, 5.74) is 3.77. The van der Waals surface area contributed by atoms with Crippen LogP contribution in [0.5, 0.6) is 0 Å². The maximum absolute atomic E-state index is 12.7. The Morgan fingerprint density at radius 3 is 2.50 bits per heavy atom. The third kappa shape index (κ3) is 2.16. The normalized spacial score (nSPS) is 17.5. The number of anilines is 1. The van der Waals surface area contributed by atoms with E-state index in [0.717, 1.165) is 22.6 Å². The number of hydrogen-bond acceptors (Lipinski definition) is 3. The summed E-state index contributed by atoms with van der Waals surface area (Å²) >= 11 is 12.4. The number of rotatable bonds is 1. The number of aryl methyl sites for hydroxylation is 3. The number of halogens is 2. The summed E-state index contributed by atoms with van der Waals surface area (Å²) in [5.74, 6) is -0.0979. The third-order valence-corrected chi connectivity index (χ3v) is 4.65. The fraction of sp³-hybridized carbons (Fsp3) is 0.333. The maximum Gasteiger partial charge on any atom is 0.257 e. The van der Waals surface area contributed by atoms with Crippen LogP contribution in [0.3, 0.4) is 0 Å². The molecule has 116 valence electrons. The van der Waals surface area contributed by atoms with Gasteiger partial charge in [-0.05, 0) is 31.5 Å². The smallest absolute Gasteiger partial charge is 0.257 e. The van der Waals surface area contributed by atoms with Crippen molar-refractivity contribution in [2.75, 3.05) is 12.4 Å². The van der Waals surface area contributed by atoms with E-state index in [1.54, 1.807) is 22.7 Å². The number of benzene rings is 1. The fourth-order valence-corrected chi connectivity index (χ4v) is 3.38. The highest BCUT2D eigenvalue weighted by Crippen LogP contribution is 2.38. The Labute approximate surface area is 138 Å². The lowest BCUT2D eigenvalue weighted by Crippen LogP contribution is -2.41. The molecule has 22 heavy (non-hydrogen) atoms. The quantitative estimate of drug-likeness (QED) is 0.865. The molecule has 2 aromatic rings. The zero-order valence-electron chi connectivity index (χ0n) is 12.7. The van der Waals surface area contributed by atoms with Gasteiger partial charge in [0, 0.05) is 19.1 Å². The van der Waals surface area contributed by atoms with Crippen LogP contribution in [0.25, 0.3) is 0 Å². The molecule has 0 aliphatic carbocycles. The Balaban J connectivity index is 2.15. The van der Waals surface area contributed by atoms with Gasteiger partial charge in [-0.15, -0.1) is 0 Å². The van der Waals surface area contributed by atoms with Crippen molar-refractivity contribution in [2.24, 2.45) is 7.05 Å². The second-order valence-corrected chi connectivity index (χ2v) is 6.33. The van der Waals surface area contributed by atoms with Crippen molar-refractivity contribution < 1.29 is 4.79 Å². The van der Waals surface area contributed by atoms with Crippen LogP contribution in [-0.2, 0) is 7.05 Å². The monoisotopic (exact) mass is 338 g/mol. The van der Waals surface area contributed by atoms with Crippen molar-refractivity contribution >= 4 is 34.8 Å². The van der Waals surface area contributed by atoms with E-state index in [4.69, 9.17) is 23.2 Å². The minimum atomic E-state index is -0.376. The second kappa shape index (κ2) is 5.18. The van der Waals surface area contributed by atoms with Crippen LogP contribution in [0.4, 0.5) is 5.69 Å². The second-order valence-electron chi connectivity index (χ2n) is 5.52. The summed E-state index contributed by atoms with van der Waals surface area (Å²) in [4.78, 5) is 14.3. The lowest BCUT2D eigenvalue weighted by atomic mass is 10.0. The van der Waals surface area contributed by atoms with Gasteiger partial charge in [0.25, 0.3) is 5.91 Å².